The molecule has 1 aliphatic heterocycles. The molecule has 1 atom stereocenters. The van der Waals surface area contributed by atoms with Crippen LogP contribution in [0.2, 0.25) is 0 Å². The first-order valence-electron chi connectivity index (χ1n) is 10.1. The fourth-order valence-electron chi connectivity index (χ4n) is 3.95. The average molecular weight is 383 g/mol. The van der Waals surface area contributed by atoms with E-state index in [1.54, 1.807) is 29.2 Å². The Kier molecular flexibility index (Phi) is 6.52. The van der Waals surface area contributed by atoms with Gasteiger partial charge in [-0.2, -0.15) is 0 Å². The van der Waals surface area contributed by atoms with Gasteiger partial charge in [-0.3, -0.25) is 14.5 Å². The van der Waals surface area contributed by atoms with E-state index in [-0.39, 0.29) is 11.8 Å². The molecule has 1 fully saturated rings. The molecule has 0 saturated carbocycles. The van der Waals surface area contributed by atoms with Gasteiger partial charge in [0, 0.05) is 43.3 Å². The quantitative estimate of drug-likeness (QED) is 0.799. The molecule has 150 valence electrons. The second-order valence-corrected chi connectivity index (χ2v) is 7.28. The lowest BCUT2D eigenvalue weighted by Gasteiger charge is -2.24. The Labute approximate surface area is 167 Å². The molecule has 2 heterocycles. The van der Waals surface area contributed by atoms with Gasteiger partial charge in [0.1, 0.15) is 0 Å². The van der Waals surface area contributed by atoms with Crippen LogP contribution in [0.5, 0.6) is 0 Å². The molecule has 1 aromatic heterocycles. The predicted octanol–water partition coefficient (Wildman–Crippen LogP) is 3.28. The van der Waals surface area contributed by atoms with Crippen LogP contribution in [0.15, 0.2) is 42.6 Å². The largest absolute Gasteiger partial charge is 0.353 e. The van der Waals surface area contributed by atoms with E-state index in [0.717, 1.165) is 25.1 Å². The molecule has 1 aromatic carbocycles. The summed E-state index contributed by atoms with van der Waals surface area (Å²) in [5, 5.41) is 2.96. The van der Waals surface area contributed by atoms with Crippen LogP contribution in [-0.2, 0) is 11.8 Å². The van der Waals surface area contributed by atoms with Crippen LogP contribution in [0.3, 0.4) is 0 Å². The third-order valence-electron chi connectivity index (χ3n) is 5.50. The number of benzene rings is 1. The molecule has 1 saturated heterocycles. The molecule has 1 aliphatic rings. The topological polar surface area (TPSA) is 57.6 Å². The first kappa shape index (κ1) is 20.1. The van der Waals surface area contributed by atoms with Gasteiger partial charge in [-0.05, 0) is 69.6 Å². The molecule has 6 heteroatoms. The molecular weight excluding hydrogens is 352 g/mol. The number of rotatable bonds is 7. The molecule has 0 radical (unpaired) electrons. The highest BCUT2D eigenvalue weighted by molar-refractivity contribution is 5.96. The summed E-state index contributed by atoms with van der Waals surface area (Å²) in [5.74, 6) is -0.00530. The summed E-state index contributed by atoms with van der Waals surface area (Å²) in [6, 6.07) is 11.6. The van der Waals surface area contributed by atoms with E-state index in [0.29, 0.717) is 31.2 Å². The lowest BCUT2D eigenvalue weighted by Crippen LogP contribution is -2.33. The SMILES string of the molecule is CCN(CC)C(=O)c1ccc(NC(=O)CN2CCC[C@@H]2c2cccn2C)cc1. The summed E-state index contributed by atoms with van der Waals surface area (Å²) in [4.78, 5) is 29.0. The van der Waals surface area contributed by atoms with Crippen LogP contribution in [-0.4, -0.2) is 52.4 Å². The molecule has 2 amide bonds. The summed E-state index contributed by atoms with van der Waals surface area (Å²) in [6.07, 6.45) is 4.23. The highest BCUT2D eigenvalue weighted by atomic mass is 16.2. The van der Waals surface area contributed by atoms with Crippen molar-refractivity contribution in [2.24, 2.45) is 7.05 Å². The monoisotopic (exact) mass is 382 g/mol. The number of aromatic nitrogens is 1. The fourth-order valence-corrected chi connectivity index (χ4v) is 3.95. The van der Waals surface area contributed by atoms with Crippen molar-refractivity contribution in [3.05, 3.63) is 53.9 Å². The molecule has 0 unspecified atom stereocenters. The maximum atomic E-state index is 12.6. The van der Waals surface area contributed by atoms with E-state index in [1.807, 2.05) is 33.2 Å². The number of hydrogen-bond acceptors (Lipinski definition) is 3. The zero-order chi connectivity index (χ0) is 20.1. The number of nitrogens with zero attached hydrogens (tertiary/aromatic N) is 3. The average Bonchev–Trinajstić information content (AvgIpc) is 3.31. The van der Waals surface area contributed by atoms with E-state index in [4.69, 9.17) is 0 Å². The van der Waals surface area contributed by atoms with Gasteiger partial charge >= 0.3 is 0 Å². The molecule has 1 N–H and O–H groups in total. The Morgan fingerprint density at radius 3 is 2.46 bits per heavy atom. The Balaban J connectivity index is 1.59. The number of amides is 2. The zero-order valence-electron chi connectivity index (χ0n) is 17.0. The summed E-state index contributed by atoms with van der Waals surface area (Å²) in [5.41, 5.74) is 2.62. The van der Waals surface area contributed by atoms with Gasteiger partial charge in [0.25, 0.3) is 5.91 Å². The molecule has 0 aliphatic carbocycles. The van der Waals surface area contributed by atoms with E-state index in [9.17, 15) is 9.59 Å². The Bertz CT molecular complexity index is 808. The van der Waals surface area contributed by atoms with E-state index < -0.39 is 0 Å². The number of anilines is 1. The molecule has 2 aromatic rings. The highest BCUT2D eigenvalue weighted by Crippen LogP contribution is 2.31. The van der Waals surface area contributed by atoms with E-state index in [2.05, 4.69) is 20.9 Å². The van der Waals surface area contributed by atoms with E-state index in [1.165, 1.54) is 5.69 Å². The summed E-state index contributed by atoms with van der Waals surface area (Å²) in [7, 11) is 2.05. The molecule has 3 rings (SSSR count). The number of carbonyl (C=O) groups is 2. The van der Waals surface area contributed by atoms with Crippen molar-refractivity contribution in [1.82, 2.24) is 14.4 Å². The van der Waals surface area contributed by atoms with Crippen molar-refractivity contribution in [1.29, 1.82) is 0 Å². The smallest absolute Gasteiger partial charge is 0.253 e. The number of hydrogen-bond donors (Lipinski definition) is 1. The minimum absolute atomic E-state index is 0.0188. The van der Waals surface area contributed by atoms with Crippen LogP contribution in [0.4, 0.5) is 5.69 Å². The van der Waals surface area contributed by atoms with Gasteiger partial charge < -0.3 is 14.8 Å². The van der Waals surface area contributed by atoms with Gasteiger partial charge in [-0.1, -0.05) is 0 Å². The normalized spacial score (nSPS) is 16.9. The van der Waals surface area contributed by atoms with Crippen LogP contribution in [0, 0.1) is 0 Å². The third-order valence-corrected chi connectivity index (χ3v) is 5.50. The number of carbonyl (C=O) groups excluding carboxylic acids is 2. The second-order valence-electron chi connectivity index (χ2n) is 7.28. The van der Waals surface area contributed by atoms with Gasteiger partial charge in [0.05, 0.1) is 12.6 Å². The second kappa shape index (κ2) is 9.06. The fraction of sp³-hybridized carbons (Fsp3) is 0.455. The van der Waals surface area contributed by atoms with Gasteiger partial charge in [-0.25, -0.2) is 0 Å². The summed E-state index contributed by atoms with van der Waals surface area (Å²) in [6.45, 7) is 6.61. The minimum Gasteiger partial charge on any atom is -0.353 e. The number of likely N-dealkylation sites (tertiary alicyclic amines) is 1. The van der Waals surface area contributed by atoms with Crippen molar-refractivity contribution in [3.8, 4) is 0 Å². The molecule has 28 heavy (non-hydrogen) atoms. The van der Waals surface area contributed by atoms with Crippen molar-refractivity contribution < 1.29 is 9.59 Å². The Hall–Kier alpha value is -2.60. The van der Waals surface area contributed by atoms with Gasteiger partial charge in [-0.15, -0.1) is 0 Å². The Morgan fingerprint density at radius 1 is 1.14 bits per heavy atom. The molecule has 0 bridgehead atoms. The molecule has 0 spiro atoms. The Morgan fingerprint density at radius 2 is 1.86 bits per heavy atom. The van der Waals surface area contributed by atoms with Crippen molar-refractivity contribution in [2.45, 2.75) is 32.7 Å². The van der Waals surface area contributed by atoms with Crippen LogP contribution >= 0.6 is 0 Å². The standard InChI is InChI=1S/C22H30N4O2/c1-4-25(5-2)22(28)17-10-12-18(13-11-17)23-21(27)16-26-15-7-9-20(26)19-8-6-14-24(19)3/h6,8,10-14,20H,4-5,7,9,15-16H2,1-3H3,(H,23,27)/t20-/m1/s1. The number of nitrogens with one attached hydrogen (secondary N) is 1. The maximum Gasteiger partial charge on any atom is 0.253 e. The molecule has 6 nitrogen and oxygen atoms in total. The first-order valence-corrected chi connectivity index (χ1v) is 10.1. The number of aryl methyl sites for hydroxylation is 1. The molecular formula is C22H30N4O2. The van der Waals surface area contributed by atoms with Crippen LogP contribution in [0.1, 0.15) is 48.8 Å². The maximum absolute atomic E-state index is 12.6. The third kappa shape index (κ3) is 4.44. The lowest BCUT2D eigenvalue weighted by atomic mass is 10.1. The van der Waals surface area contributed by atoms with Gasteiger partial charge in [0.2, 0.25) is 5.91 Å². The highest BCUT2D eigenvalue weighted by Gasteiger charge is 2.28. The zero-order valence-corrected chi connectivity index (χ0v) is 17.0. The minimum atomic E-state index is -0.0241. The summed E-state index contributed by atoms with van der Waals surface area (Å²) < 4.78 is 2.13. The van der Waals surface area contributed by atoms with Crippen molar-refractivity contribution in [2.75, 3.05) is 31.5 Å². The van der Waals surface area contributed by atoms with Crippen LogP contribution in [0.25, 0.3) is 0 Å². The first-order chi connectivity index (χ1) is 13.5. The predicted molar refractivity (Wildman–Crippen MR) is 111 cm³/mol. The van der Waals surface area contributed by atoms with Gasteiger partial charge in [0.15, 0.2) is 0 Å². The van der Waals surface area contributed by atoms with Crippen molar-refractivity contribution in [3.63, 3.8) is 0 Å². The van der Waals surface area contributed by atoms with Crippen molar-refractivity contribution >= 4 is 17.5 Å². The van der Waals surface area contributed by atoms with Crippen LogP contribution < -0.4 is 5.32 Å². The summed E-state index contributed by atoms with van der Waals surface area (Å²) >= 11 is 0. The van der Waals surface area contributed by atoms with E-state index >= 15 is 0 Å². The lowest BCUT2D eigenvalue weighted by molar-refractivity contribution is -0.117.